The Hall–Kier alpha value is -0.930. The van der Waals surface area contributed by atoms with Gasteiger partial charge in [-0.05, 0) is 12.2 Å². The van der Waals surface area contributed by atoms with Crippen LogP contribution >= 0.6 is 0 Å². The van der Waals surface area contributed by atoms with Gasteiger partial charge in [-0.3, -0.25) is 4.79 Å². The van der Waals surface area contributed by atoms with Crippen molar-refractivity contribution in [2.45, 2.75) is 12.4 Å². The predicted molar refractivity (Wildman–Crippen MR) is 35.2 cm³/mol. The van der Waals surface area contributed by atoms with E-state index in [1.807, 2.05) is 0 Å². The minimum Gasteiger partial charge on any atom is -0.365 e. The zero-order valence-corrected chi connectivity index (χ0v) is 5.36. The van der Waals surface area contributed by atoms with Crippen LogP contribution in [0.1, 0.15) is 0 Å². The van der Waals surface area contributed by atoms with E-state index in [-0.39, 0.29) is 5.78 Å². The fourth-order valence-corrected chi connectivity index (χ4v) is 0.706. The molecule has 1 aliphatic heterocycles. The molecule has 0 saturated heterocycles. The Morgan fingerprint density at radius 3 is 3.00 bits per heavy atom. The molecule has 0 spiro atoms. The number of carbonyl (C=O) groups is 1. The molecule has 0 bridgehead atoms. The number of aliphatic hydroxyl groups excluding tert-OH is 1. The number of hydrogen-bond donors (Lipinski definition) is 1. The Balaban J connectivity index is 2.71. The van der Waals surface area contributed by atoms with Crippen LogP contribution in [0.25, 0.3) is 0 Å². The number of aliphatic hydroxyl groups is 1. The molecule has 0 amide bonds. The Kier molecular flexibility index (Phi) is 1.99. The van der Waals surface area contributed by atoms with Gasteiger partial charge in [0.25, 0.3) is 0 Å². The highest BCUT2D eigenvalue weighted by Gasteiger charge is 2.19. The molecule has 0 radical (unpaired) electrons. The van der Waals surface area contributed by atoms with Crippen molar-refractivity contribution >= 4 is 5.78 Å². The molecule has 0 aromatic rings. The van der Waals surface area contributed by atoms with E-state index in [1.54, 1.807) is 0 Å². The Morgan fingerprint density at radius 1 is 1.80 bits per heavy atom. The lowest BCUT2D eigenvalue weighted by molar-refractivity contribution is -0.141. The van der Waals surface area contributed by atoms with Crippen molar-refractivity contribution in [1.82, 2.24) is 0 Å². The first-order chi connectivity index (χ1) is 4.74. The smallest absolute Gasteiger partial charge is 0.188 e. The molecule has 54 valence electrons. The monoisotopic (exact) mass is 140 g/mol. The molecule has 10 heavy (non-hydrogen) atoms. The molecular formula is C7H8O3. The van der Waals surface area contributed by atoms with E-state index < -0.39 is 12.4 Å². The van der Waals surface area contributed by atoms with Gasteiger partial charge in [0, 0.05) is 0 Å². The number of carbonyl (C=O) groups excluding carboxylic acids is 1. The SMILES string of the molecule is C=C[C@H]1OC(O)C=CC1=O. The summed E-state index contributed by atoms with van der Waals surface area (Å²) in [6.07, 6.45) is 2.29. The van der Waals surface area contributed by atoms with E-state index in [1.165, 1.54) is 18.2 Å². The largest absolute Gasteiger partial charge is 0.365 e. The average molecular weight is 140 g/mol. The standard InChI is InChI=1S/C7H8O3/c1-2-6-5(8)3-4-7(9)10-6/h2-4,6-7,9H,1H2/t6-,7?/m1/s1. The minimum atomic E-state index is -0.972. The summed E-state index contributed by atoms with van der Waals surface area (Å²) in [7, 11) is 0. The Bertz CT molecular complexity index is 183. The lowest BCUT2D eigenvalue weighted by Gasteiger charge is -2.17. The molecular weight excluding hydrogens is 132 g/mol. The minimum absolute atomic E-state index is 0.180. The fraction of sp³-hybridized carbons (Fsp3) is 0.286. The van der Waals surface area contributed by atoms with Gasteiger partial charge in [0.05, 0.1) is 0 Å². The molecule has 1 N–H and O–H groups in total. The van der Waals surface area contributed by atoms with Crippen molar-refractivity contribution in [1.29, 1.82) is 0 Å². The zero-order valence-electron chi connectivity index (χ0n) is 5.36. The lowest BCUT2D eigenvalue weighted by Crippen LogP contribution is -2.29. The van der Waals surface area contributed by atoms with Crippen molar-refractivity contribution in [2.24, 2.45) is 0 Å². The van der Waals surface area contributed by atoms with Gasteiger partial charge in [0.15, 0.2) is 12.1 Å². The molecule has 1 unspecified atom stereocenters. The maximum absolute atomic E-state index is 10.8. The molecule has 1 heterocycles. The summed E-state index contributed by atoms with van der Waals surface area (Å²) in [6.45, 7) is 3.38. The summed E-state index contributed by atoms with van der Waals surface area (Å²) in [5.74, 6) is -0.180. The lowest BCUT2D eigenvalue weighted by atomic mass is 10.2. The second kappa shape index (κ2) is 2.77. The van der Waals surface area contributed by atoms with E-state index in [0.717, 1.165) is 0 Å². The van der Waals surface area contributed by atoms with Crippen LogP contribution in [0.15, 0.2) is 24.8 Å². The summed E-state index contributed by atoms with van der Waals surface area (Å²) >= 11 is 0. The van der Waals surface area contributed by atoms with Crippen LogP contribution in [0.3, 0.4) is 0 Å². The van der Waals surface area contributed by atoms with E-state index in [2.05, 4.69) is 6.58 Å². The van der Waals surface area contributed by atoms with Crippen molar-refractivity contribution < 1.29 is 14.6 Å². The molecule has 1 aliphatic rings. The molecule has 1 rings (SSSR count). The van der Waals surface area contributed by atoms with Gasteiger partial charge in [-0.25, -0.2) is 0 Å². The molecule has 0 saturated carbocycles. The van der Waals surface area contributed by atoms with Crippen LogP contribution in [0, 0.1) is 0 Å². The van der Waals surface area contributed by atoms with Crippen molar-refractivity contribution in [3.8, 4) is 0 Å². The van der Waals surface area contributed by atoms with Gasteiger partial charge in [0.1, 0.15) is 6.10 Å². The quantitative estimate of drug-likeness (QED) is 0.522. The van der Waals surface area contributed by atoms with E-state index in [4.69, 9.17) is 9.84 Å². The van der Waals surface area contributed by atoms with Crippen LogP contribution in [-0.2, 0) is 9.53 Å². The van der Waals surface area contributed by atoms with Gasteiger partial charge in [-0.2, -0.15) is 0 Å². The molecule has 0 fully saturated rings. The number of ketones is 1. The van der Waals surface area contributed by atoms with Gasteiger partial charge in [0.2, 0.25) is 0 Å². The Labute approximate surface area is 58.6 Å². The molecule has 0 aromatic heterocycles. The third-order valence-corrected chi connectivity index (χ3v) is 1.21. The van der Waals surface area contributed by atoms with Crippen LogP contribution < -0.4 is 0 Å². The third kappa shape index (κ3) is 1.32. The molecule has 0 aliphatic carbocycles. The highest BCUT2D eigenvalue weighted by atomic mass is 16.6. The first-order valence-corrected chi connectivity index (χ1v) is 2.92. The molecule has 3 heteroatoms. The highest BCUT2D eigenvalue weighted by Crippen LogP contribution is 2.07. The van der Waals surface area contributed by atoms with E-state index in [0.29, 0.717) is 0 Å². The van der Waals surface area contributed by atoms with Crippen LogP contribution in [0.2, 0.25) is 0 Å². The maximum Gasteiger partial charge on any atom is 0.188 e. The van der Waals surface area contributed by atoms with Gasteiger partial charge in [-0.1, -0.05) is 6.08 Å². The summed E-state index contributed by atoms with van der Waals surface area (Å²) in [5.41, 5.74) is 0. The molecule has 0 aromatic carbocycles. The van der Waals surface area contributed by atoms with Gasteiger partial charge < -0.3 is 9.84 Å². The summed E-state index contributed by atoms with van der Waals surface area (Å²) < 4.78 is 4.75. The summed E-state index contributed by atoms with van der Waals surface area (Å²) in [5, 5.41) is 8.82. The number of ether oxygens (including phenoxy) is 1. The van der Waals surface area contributed by atoms with Gasteiger partial charge >= 0.3 is 0 Å². The Morgan fingerprint density at radius 2 is 2.50 bits per heavy atom. The van der Waals surface area contributed by atoms with Crippen LogP contribution in [0.5, 0.6) is 0 Å². The average Bonchev–Trinajstić information content (AvgIpc) is 1.94. The number of hydrogen-bond acceptors (Lipinski definition) is 3. The van der Waals surface area contributed by atoms with Crippen LogP contribution in [0.4, 0.5) is 0 Å². The topological polar surface area (TPSA) is 46.5 Å². The highest BCUT2D eigenvalue weighted by molar-refractivity contribution is 5.95. The maximum atomic E-state index is 10.8. The zero-order chi connectivity index (χ0) is 7.56. The molecule has 2 atom stereocenters. The fourth-order valence-electron chi connectivity index (χ4n) is 0.706. The van der Waals surface area contributed by atoms with Crippen molar-refractivity contribution in [2.75, 3.05) is 0 Å². The third-order valence-electron chi connectivity index (χ3n) is 1.21. The molecule has 3 nitrogen and oxygen atoms in total. The second-order valence-electron chi connectivity index (χ2n) is 1.94. The van der Waals surface area contributed by atoms with E-state index in [9.17, 15) is 4.79 Å². The van der Waals surface area contributed by atoms with Crippen molar-refractivity contribution in [3.05, 3.63) is 24.8 Å². The summed E-state index contributed by atoms with van der Waals surface area (Å²) in [4.78, 5) is 10.8. The second-order valence-corrected chi connectivity index (χ2v) is 1.94. The number of rotatable bonds is 1. The van der Waals surface area contributed by atoms with Gasteiger partial charge in [-0.15, -0.1) is 6.58 Å². The summed E-state index contributed by atoms with van der Waals surface area (Å²) in [6, 6.07) is 0. The first-order valence-electron chi connectivity index (χ1n) is 2.92. The van der Waals surface area contributed by atoms with E-state index >= 15 is 0 Å². The van der Waals surface area contributed by atoms with Crippen molar-refractivity contribution in [3.63, 3.8) is 0 Å². The first kappa shape index (κ1) is 7.18. The van der Waals surface area contributed by atoms with Crippen LogP contribution in [-0.4, -0.2) is 23.3 Å². The normalized spacial score (nSPS) is 32.3. The predicted octanol–water partition coefficient (Wildman–Crippen LogP) is 0.0149.